The monoisotopic (exact) mass is 220 g/mol. The number of thiophene rings is 1. The molecule has 0 atom stereocenters. The molecule has 1 heterocycles. The van der Waals surface area contributed by atoms with Gasteiger partial charge in [0.15, 0.2) is 0 Å². The molecule has 0 saturated heterocycles. The van der Waals surface area contributed by atoms with E-state index in [1.165, 1.54) is 5.56 Å². The fraction of sp³-hybridized carbons (Fsp3) is 0. The summed E-state index contributed by atoms with van der Waals surface area (Å²) in [7, 11) is 0. The van der Waals surface area contributed by atoms with Crippen LogP contribution in [0.3, 0.4) is 0 Å². The molecule has 0 unspecified atom stereocenters. The van der Waals surface area contributed by atoms with Crippen molar-refractivity contribution in [3.05, 3.63) is 52.2 Å². The molecule has 0 saturated carbocycles. The van der Waals surface area contributed by atoms with Gasteiger partial charge in [-0.05, 0) is 51.7 Å². The highest BCUT2D eigenvalue weighted by atomic mass is 35.5. The molecule has 2 aromatic rings. The molecule has 0 N–H and O–H groups in total. The predicted octanol–water partition coefficient (Wildman–Crippen LogP) is 4.71. The summed E-state index contributed by atoms with van der Waals surface area (Å²) in [6.45, 7) is 3.74. The van der Waals surface area contributed by atoms with Crippen molar-refractivity contribution >= 4 is 29.0 Å². The zero-order chi connectivity index (χ0) is 9.97. The Bertz CT molecular complexity index is 443. The molecule has 0 amide bonds. The molecule has 0 spiro atoms. The number of hydrogen-bond acceptors (Lipinski definition) is 1. The van der Waals surface area contributed by atoms with Gasteiger partial charge in [-0.1, -0.05) is 24.3 Å². The average molecular weight is 221 g/mol. The maximum atomic E-state index is 6.00. The molecular formula is C12H9ClS. The molecule has 1 aromatic heterocycles. The van der Waals surface area contributed by atoms with Crippen LogP contribution < -0.4 is 0 Å². The van der Waals surface area contributed by atoms with Gasteiger partial charge in [-0.25, -0.2) is 0 Å². The quantitative estimate of drug-likeness (QED) is 0.688. The Labute approximate surface area is 92.5 Å². The number of halogens is 1. The van der Waals surface area contributed by atoms with E-state index in [4.69, 9.17) is 11.6 Å². The molecule has 70 valence electrons. The molecule has 2 heteroatoms. The zero-order valence-corrected chi connectivity index (χ0v) is 9.11. The fourth-order valence-corrected chi connectivity index (χ4v) is 2.23. The third kappa shape index (κ3) is 1.89. The minimum atomic E-state index is 0.753. The van der Waals surface area contributed by atoms with Crippen LogP contribution >= 0.6 is 22.9 Å². The zero-order valence-electron chi connectivity index (χ0n) is 7.53. The minimum absolute atomic E-state index is 0.753. The highest BCUT2D eigenvalue weighted by molar-refractivity contribution is 7.08. The Balaban J connectivity index is 2.54. The van der Waals surface area contributed by atoms with Crippen LogP contribution in [0, 0.1) is 0 Å². The van der Waals surface area contributed by atoms with Crippen molar-refractivity contribution in [1.82, 2.24) is 0 Å². The topological polar surface area (TPSA) is 0 Å². The number of hydrogen-bond donors (Lipinski definition) is 0. The van der Waals surface area contributed by atoms with E-state index < -0.39 is 0 Å². The fourth-order valence-electron chi connectivity index (χ4n) is 1.33. The maximum Gasteiger partial charge on any atom is 0.0418 e. The number of rotatable bonds is 2. The van der Waals surface area contributed by atoms with Crippen molar-refractivity contribution in [1.29, 1.82) is 0 Å². The first kappa shape index (κ1) is 9.50. The lowest BCUT2D eigenvalue weighted by atomic mass is 10.1. The SMILES string of the molecule is C=Cc1cc(Cl)cc(-c2ccsc2)c1. The number of benzene rings is 1. The lowest BCUT2D eigenvalue weighted by molar-refractivity contribution is 1.64. The van der Waals surface area contributed by atoms with Crippen molar-refractivity contribution in [2.75, 3.05) is 0 Å². The van der Waals surface area contributed by atoms with Gasteiger partial charge < -0.3 is 0 Å². The van der Waals surface area contributed by atoms with Crippen molar-refractivity contribution in [2.24, 2.45) is 0 Å². The van der Waals surface area contributed by atoms with Gasteiger partial charge in [0.2, 0.25) is 0 Å². The third-order valence-electron chi connectivity index (χ3n) is 2.01. The Kier molecular flexibility index (Phi) is 2.71. The van der Waals surface area contributed by atoms with Crippen LogP contribution in [0.2, 0.25) is 5.02 Å². The van der Waals surface area contributed by atoms with E-state index in [-0.39, 0.29) is 0 Å². The molecule has 0 aliphatic heterocycles. The van der Waals surface area contributed by atoms with Crippen LogP contribution in [0.5, 0.6) is 0 Å². The summed E-state index contributed by atoms with van der Waals surface area (Å²) in [5, 5.41) is 4.92. The minimum Gasteiger partial charge on any atom is -0.152 e. The first-order chi connectivity index (χ1) is 6.79. The summed E-state index contributed by atoms with van der Waals surface area (Å²) in [4.78, 5) is 0. The molecule has 0 nitrogen and oxygen atoms in total. The van der Waals surface area contributed by atoms with Gasteiger partial charge in [0.05, 0.1) is 0 Å². The molecule has 1 aromatic carbocycles. The largest absolute Gasteiger partial charge is 0.152 e. The highest BCUT2D eigenvalue weighted by Gasteiger charge is 2.00. The van der Waals surface area contributed by atoms with Crippen molar-refractivity contribution in [3.63, 3.8) is 0 Å². The van der Waals surface area contributed by atoms with Crippen molar-refractivity contribution in [3.8, 4) is 11.1 Å². The maximum absolute atomic E-state index is 6.00. The van der Waals surface area contributed by atoms with Crippen LogP contribution in [0.1, 0.15) is 5.56 Å². The Morgan fingerprint density at radius 3 is 2.71 bits per heavy atom. The first-order valence-corrected chi connectivity index (χ1v) is 5.57. The smallest absolute Gasteiger partial charge is 0.0418 e. The Morgan fingerprint density at radius 1 is 1.21 bits per heavy atom. The molecule has 14 heavy (non-hydrogen) atoms. The van der Waals surface area contributed by atoms with Crippen molar-refractivity contribution in [2.45, 2.75) is 0 Å². The predicted molar refractivity (Wildman–Crippen MR) is 64.9 cm³/mol. The van der Waals surface area contributed by atoms with Gasteiger partial charge in [0.25, 0.3) is 0 Å². The molecule has 0 aliphatic carbocycles. The average Bonchev–Trinajstić information content (AvgIpc) is 2.69. The van der Waals surface area contributed by atoms with E-state index in [1.807, 2.05) is 18.2 Å². The molecular weight excluding hydrogens is 212 g/mol. The van der Waals surface area contributed by atoms with Gasteiger partial charge in [-0.2, -0.15) is 11.3 Å². The van der Waals surface area contributed by atoms with E-state index in [0.717, 1.165) is 16.1 Å². The summed E-state index contributed by atoms with van der Waals surface area (Å²) in [6.07, 6.45) is 1.81. The van der Waals surface area contributed by atoms with Crippen molar-refractivity contribution < 1.29 is 0 Å². The molecule has 0 fully saturated rings. The van der Waals surface area contributed by atoms with Crippen LogP contribution in [0.15, 0.2) is 41.6 Å². The molecule has 0 aliphatic rings. The van der Waals surface area contributed by atoms with E-state index in [9.17, 15) is 0 Å². The molecule has 2 rings (SSSR count). The summed E-state index contributed by atoms with van der Waals surface area (Å²) in [5.41, 5.74) is 3.41. The Hall–Kier alpha value is -1.05. The van der Waals surface area contributed by atoms with Crippen LogP contribution in [-0.2, 0) is 0 Å². The standard InChI is InChI=1S/C12H9ClS/c1-2-9-5-11(7-12(13)6-9)10-3-4-14-8-10/h2-8H,1H2. The van der Waals surface area contributed by atoms with Gasteiger partial charge in [0.1, 0.15) is 0 Å². The molecule has 0 bridgehead atoms. The van der Waals surface area contributed by atoms with E-state index in [1.54, 1.807) is 11.3 Å². The summed E-state index contributed by atoms with van der Waals surface area (Å²) in [6, 6.07) is 8.05. The second-order valence-corrected chi connectivity index (χ2v) is 4.21. The highest BCUT2D eigenvalue weighted by Crippen LogP contribution is 2.26. The normalized spacial score (nSPS) is 10.1. The van der Waals surface area contributed by atoms with E-state index >= 15 is 0 Å². The lowest BCUT2D eigenvalue weighted by Gasteiger charge is -2.01. The van der Waals surface area contributed by atoms with Gasteiger partial charge >= 0.3 is 0 Å². The summed E-state index contributed by atoms with van der Waals surface area (Å²) >= 11 is 7.69. The molecule has 0 radical (unpaired) electrons. The van der Waals surface area contributed by atoms with Gasteiger partial charge in [0, 0.05) is 5.02 Å². The third-order valence-corrected chi connectivity index (χ3v) is 2.91. The first-order valence-electron chi connectivity index (χ1n) is 4.25. The van der Waals surface area contributed by atoms with Gasteiger partial charge in [-0.15, -0.1) is 0 Å². The summed E-state index contributed by atoms with van der Waals surface area (Å²) < 4.78 is 0. The van der Waals surface area contributed by atoms with Crippen LogP contribution in [0.25, 0.3) is 17.2 Å². The second-order valence-electron chi connectivity index (χ2n) is 2.99. The Morgan fingerprint density at radius 2 is 2.07 bits per heavy atom. The van der Waals surface area contributed by atoms with E-state index in [0.29, 0.717) is 0 Å². The van der Waals surface area contributed by atoms with Crippen LogP contribution in [0.4, 0.5) is 0 Å². The van der Waals surface area contributed by atoms with Crippen LogP contribution in [-0.4, -0.2) is 0 Å². The van der Waals surface area contributed by atoms with Gasteiger partial charge in [-0.3, -0.25) is 0 Å². The summed E-state index contributed by atoms with van der Waals surface area (Å²) in [5.74, 6) is 0. The van der Waals surface area contributed by atoms with E-state index in [2.05, 4.69) is 29.5 Å². The lowest BCUT2D eigenvalue weighted by Crippen LogP contribution is -1.77. The second kappa shape index (κ2) is 3.99.